The molecular formula is C27H40N2O4S. The molecule has 1 saturated carbocycles. The molecule has 2 aliphatic heterocycles. The van der Waals surface area contributed by atoms with Gasteiger partial charge in [0, 0.05) is 34.7 Å². The number of aromatic hydroxyl groups is 1. The summed E-state index contributed by atoms with van der Waals surface area (Å²) in [5.74, 6) is 2.18. The van der Waals surface area contributed by atoms with E-state index in [1.165, 1.54) is 11.1 Å². The summed E-state index contributed by atoms with van der Waals surface area (Å²) in [6.45, 7) is 9.35. The third-order valence-corrected chi connectivity index (χ3v) is 8.95. The number of nitrogens with zero attached hydrogens (tertiary/aromatic N) is 1. The molecule has 7 heteroatoms. The maximum atomic E-state index is 11.0. The minimum absolute atomic E-state index is 0.00209. The van der Waals surface area contributed by atoms with Crippen molar-refractivity contribution in [1.29, 1.82) is 0 Å². The number of hydrogen-bond acceptors (Lipinski definition) is 7. The van der Waals surface area contributed by atoms with E-state index in [2.05, 4.69) is 24.2 Å². The first-order chi connectivity index (χ1) is 16.1. The van der Waals surface area contributed by atoms with Gasteiger partial charge in [-0.15, -0.1) is 0 Å². The smallest absolute Gasteiger partial charge is 0.177 e. The Kier molecular flexibility index (Phi) is 6.05. The molecular weight excluding hydrogens is 448 g/mol. The molecule has 2 N–H and O–H groups in total. The fourth-order valence-electron chi connectivity index (χ4n) is 7.33. The van der Waals surface area contributed by atoms with Crippen molar-refractivity contribution in [3.05, 3.63) is 17.2 Å². The van der Waals surface area contributed by atoms with E-state index in [0.717, 1.165) is 50.8 Å². The van der Waals surface area contributed by atoms with Crippen molar-refractivity contribution in [2.75, 3.05) is 20.7 Å². The molecule has 2 bridgehead atoms. The van der Waals surface area contributed by atoms with Gasteiger partial charge < -0.3 is 29.5 Å². The number of methoxy groups -OCH3 is 1. The first-order valence-electron chi connectivity index (χ1n) is 12.9. The zero-order valence-corrected chi connectivity index (χ0v) is 22.3. The van der Waals surface area contributed by atoms with Crippen molar-refractivity contribution in [3.8, 4) is 17.2 Å². The molecule has 34 heavy (non-hydrogen) atoms. The fraction of sp³-hybridized carbons (Fsp3) is 0.741. The average molecular weight is 489 g/mol. The Morgan fingerprint density at radius 1 is 1.38 bits per heavy atom. The number of phenols is 1. The van der Waals surface area contributed by atoms with Crippen LogP contribution in [-0.4, -0.2) is 65.6 Å². The predicted molar refractivity (Wildman–Crippen MR) is 137 cm³/mol. The van der Waals surface area contributed by atoms with Gasteiger partial charge in [0.2, 0.25) is 0 Å². The molecule has 2 aliphatic carbocycles. The quantitative estimate of drug-likeness (QED) is 0.578. The van der Waals surface area contributed by atoms with Gasteiger partial charge in [-0.25, -0.2) is 0 Å². The number of likely N-dealkylation sites (tertiary alicyclic amines) is 1. The van der Waals surface area contributed by atoms with E-state index in [4.69, 9.17) is 26.4 Å². The predicted octanol–water partition coefficient (Wildman–Crippen LogP) is 4.34. The maximum Gasteiger partial charge on any atom is 0.177 e. The van der Waals surface area contributed by atoms with Crippen LogP contribution in [0.5, 0.6) is 17.2 Å². The lowest BCUT2D eigenvalue weighted by atomic mass is 9.51. The molecule has 188 valence electrons. The Bertz CT molecular complexity index is 976. The van der Waals surface area contributed by atoms with Crippen LogP contribution in [0.2, 0.25) is 0 Å². The third-order valence-electron chi connectivity index (χ3n) is 8.59. The van der Waals surface area contributed by atoms with Crippen LogP contribution < -0.4 is 14.8 Å². The van der Waals surface area contributed by atoms with Gasteiger partial charge in [-0.05, 0) is 84.6 Å². The molecule has 0 radical (unpaired) electrons. The number of nitrogens with one attached hydrogen (secondary N) is 1. The van der Waals surface area contributed by atoms with Crippen LogP contribution in [0.1, 0.15) is 70.9 Å². The Labute approximate surface area is 209 Å². The zero-order chi connectivity index (χ0) is 24.4. The molecule has 5 rings (SSSR count). The fourth-order valence-corrected chi connectivity index (χ4v) is 7.77. The number of rotatable bonds is 6. The number of thiocarbonyl (C=S) groups is 1. The molecule has 1 aromatic rings. The van der Waals surface area contributed by atoms with Crippen LogP contribution in [-0.2, 0) is 16.6 Å². The van der Waals surface area contributed by atoms with Crippen molar-refractivity contribution >= 4 is 17.3 Å². The molecule has 0 aromatic heterocycles. The number of ether oxygens (including phenoxy) is 3. The Morgan fingerprint density at radius 3 is 2.82 bits per heavy atom. The Balaban J connectivity index is 1.53. The first-order valence-corrected chi connectivity index (χ1v) is 13.3. The van der Waals surface area contributed by atoms with Crippen LogP contribution in [0, 0.1) is 5.92 Å². The minimum atomic E-state index is -0.316. The van der Waals surface area contributed by atoms with Crippen molar-refractivity contribution < 1.29 is 19.3 Å². The highest BCUT2D eigenvalue weighted by Crippen LogP contribution is 2.65. The number of hydrogen-bond donors (Lipinski definition) is 2. The second kappa shape index (κ2) is 8.52. The van der Waals surface area contributed by atoms with Crippen molar-refractivity contribution in [2.45, 2.75) is 101 Å². The van der Waals surface area contributed by atoms with Gasteiger partial charge in [0.1, 0.15) is 17.5 Å². The summed E-state index contributed by atoms with van der Waals surface area (Å²) in [7, 11) is 3.95. The standard InChI is InChI=1S/C27H40N2O4S/c1-7-8-18(25(34)33-26(2,3)4)28-17-10-9-16-19-13-15-21(31-6)14-20(30)23-22(15)27(16,24(17)32-23)11-12-29(19)5/h14,16-19,24,28,30H,7-13H2,1-6H3/t16-,17-,18-,19+,24-,27-/m0/s1. The normalized spacial score (nSPS) is 32.5. The largest absolute Gasteiger partial charge is 0.504 e. The summed E-state index contributed by atoms with van der Waals surface area (Å²) in [5, 5.41) is 15.5. The van der Waals surface area contributed by atoms with Crippen LogP contribution in [0.3, 0.4) is 0 Å². The van der Waals surface area contributed by atoms with E-state index < -0.39 is 0 Å². The van der Waals surface area contributed by atoms with Gasteiger partial charge in [-0.2, -0.15) is 0 Å². The summed E-state index contributed by atoms with van der Waals surface area (Å²) < 4.78 is 18.6. The second-order valence-corrected chi connectivity index (χ2v) is 12.1. The summed E-state index contributed by atoms with van der Waals surface area (Å²) in [5.41, 5.74) is 2.02. The zero-order valence-electron chi connectivity index (χ0n) is 21.4. The highest BCUT2D eigenvalue weighted by molar-refractivity contribution is 7.80. The molecule has 0 amide bonds. The summed E-state index contributed by atoms with van der Waals surface area (Å²) >= 11 is 5.77. The van der Waals surface area contributed by atoms with E-state index in [1.807, 2.05) is 20.8 Å². The van der Waals surface area contributed by atoms with Gasteiger partial charge in [-0.3, -0.25) is 0 Å². The highest BCUT2D eigenvalue weighted by atomic mass is 32.1. The highest BCUT2D eigenvalue weighted by Gasteiger charge is 2.66. The molecule has 6 atom stereocenters. The molecule has 6 nitrogen and oxygen atoms in total. The van der Waals surface area contributed by atoms with Gasteiger partial charge in [0.05, 0.1) is 13.2 Å². The van der Waals surface area contributed by atoms with E-state index in [0.29, 0.717) is 22.8 Å². The number of piperidine rings is 1. The van der Waals surface area contributed by atoms with Crippen LogP contribution in [0.15, 0.2) is 6.07 Å². The number of likely N-dealkylation sites (N-methyl/N-ethyl adjacent to an activating group) is 1. The van der Waals surface area contributed by atoms with Crippen LogP contribution >= 0.6 is 12.2 Å². The Morgan fingerprint density at radius 2 is 2.15 bits per heavy atom. The number of phenolic OH excluding ortho intramolecular Hbond substituents is 1. The lowest BCUT2D eigenvalue weighted by Gasteiger charge is -2.59. The van der Waals surface area contributed by atoms with Gasteiger partial charge in [-0.1, -0.05) is 13.3 Å². The van der Waals surface area contributed by atoms with Gasteiger partial charge in [0.25, 0.3) is 0 Å². The molecule has 2 fully saturated rings. The van der Waals surface area contributed by atoms with Gasteiger partial charge >= 0.3 is 0 Å². The monoisotopic (exact) mass is 488 g/mol. The molecule has 1 spiro atoms. The lowest BCUT2D eigenvalue weighted by Crippen LogP contribution is -2.68. The topological polar surface area (TPSA) is 63.2 Å². The van der Waals surface area contributed by atoms with Crippen molar-refractivity contribution in [2.24, 2.45) is 5.92 Å². The van der Waals surface area contributed by atoms with E-state index in [9.17, 15) is 5.11 Å². The van der Waals surface area contributed by atoms with Crippen LogP contribution in [0.4, 0.5) is 0 Å². The molecule has 1 saturated heterocycles. The molecule has 1 aromatic carbocycles. The van der Waals surface area contributed by atoms with Gasteiger partial charge in [0.15, 0.2) is 16.5 Å². The Hall–Kier alpha value is -1.57. The molecule has 2 heterocycles. The van der Waals surface area contributed by atoms with Crippen molar-refractivity contribution in [1.82, 2.24) is 10.2 Å². The van der Waals surface area contributed by atoms with Crippen molar-refractivity contribution in [3.63, 3.8) is 0 Å². The van der Waals surface area contributed by atoms with E-state index in [-0.39, 0.29) is 35.0 Å². The molecule has 4 aliphatic rings. The first kappa shape index (κ1) is 24.1. The number of benzene rings is 1. The summed E-state index contributed by atoms with van der Waals surface area (Å²) in [4.78, 5) is 2.53. The summed E-state index contributed by atoms with van der Waals surface area (Å²) in [6.07, 6.45) is 6.05. The molecule has 0 unspecified atom stereocenters. The third kappa shape index (κ3) is 3.61. The van der Waals surface area contributed by atoms with Crippen LogP contribution in [0.25, 0.3) is 0 Å². The SMILES string of the molecule is CCC[C@H](N[C@H]1CC[C@H]2[C@H]3Cc4c(OC)cc(O)c5c4[C@@]2(CCN3C)[C@H]1O5)C(=S)OC(C)(C)C. The summed E-state index contributed by atoms with van der Waals surface area (Å²) in [6, 6.07) is 2.35. The van der Waals surface area contributed by atoms with E-state index in [1.54, 1.807) is 13.2 Å². The average Bonchev–Trinajstić information content (AvgIpc) is 3.12. The second-order valence-electron chi connectivity index (χ2n) is 11.7. The minimum Gasteiger partial charge on any atom is -0.504 e. The lowest BCUT2D eigenvalue weighted by molar-refractivity contribution is -0.0587. The maximum absolute atomic E-state index is 11.0. The van der Waals surface area contributed by atoms with E-state index >= 15 is 0 Å².